The van der Waals surface area contributed by atoms with Crippen LogP contribution in [0.3, 0.4) is 0 Å². The molecule has 11 heteroatoms. The number of hydrogen-bond acceptors (Lipinski definition) is 6. The lowest BCUT2D eigenvalue weighted by atomic mass is 9.79. The number of thioether (sulfide) groups is 1. The quantitative estimate of drug-likeness (QED) is 0.435. The van der Waals surface area contributed by atoms with Gasteiger partial charge in [-0.25, -0.2) is 4.79 Å². The van der Waals surface area contributed by atoms with Gasteiger partial charge in [-0.1, -0.05) is 6.92 Å². The van der Waals surface area contributed by atoms with Gasteiger partial charge >= 0.3 is 5.97 Å². The van der Waals surface area contributed by atoms with Gasteiger partial charge in [0.05, 0.1) is 18.1 Å². The number of aliphatic carboxylic acids is 1. The highest BCUT2D eigenvalue weighted by molar-refractivity contribution is 8.03. The van der Waals surface area contributed by atoms with E-state index in [4.69, 9.17) is 5.41 Å². The van der Waals surface area contributed by atoms with Gasteiger partial charge in [0.25, 0.3) is 0 Å². The summed E-state index contributed by atoms with van der Waals surface area (Å²) in [7, 11) is 1.85. The first-order valence-corrected chi connectivity index (χ1v) is 11.2. The summed E-state index contributed by atoms with van der Waals surface area (Å²) >= 11 is 1.57. The van der Waals surface area contributed by atoms with Crippen LogP contribution in [0.25, 0.3) is 0 Å². The Hall–Kier alpha value is -1.75. The molecule has 2 fully saturated rings. The summed E-state index contributed by atoms with van der Waals surface area (Å²) in [6.07, 6.45) is 4.81. The molecule has 4 heterocycles. The lowest BCUT2D eigenvalue weighted by molar-refractivity contribution is -0.163. The van der Waals surface area contributed by atoms with Crippen molar-refractivity contribution in [2.45, 2.75) is 56.7 Å². The highest BCUT2D eigenvalue weighted by Gasteiger charge is 2.60. The molecule has 1 amide bonds. The molecule has 4 N–H and O–H groups in total. The Morgan fingerprint density at radius 1 is 1.42 bits per heavy atom. The van der Waals surface area contributed by atoms with Gasteiger partial charge in [-0.05, 0) is 19.8 Å². The van der Waals surface area contributed by atoms with Crippen molar-refractivity contribution in [2.24, 2.45) is 18.9 Å². The van der Waals surface area contributed by atoms with Crippen molar-refractivity contribution in [3.05, 3.63) is 28.6 Å². The summed E-state index contributed by atoms with van der Waals surface area (Å²) in [5.74, 6) is -1.98. The van der Waals surface area contributed by atoms with Gasteiger partial charge in [0.1, 0.15) is 5.70 Å². The number of carbonyl (C=O) groups is 2. The molecule has 9 nitrogen and oxygen atoms in total. The van der Waals surface area contributed by atoms with Crippen LogP contribution < -0.4 is 10.9 Å². The minimum absolute atomic E-state index is 0. The third-order valence-electron chi connectivity index (χ3n) is 6.58. The van der Waals surface area contributed by atoms with Crippen molar-refractivity contribution in [3.63, 3.8) is 0 Å². The molecule has 0 aliphatic carbocycles. The summed E-state index contributed by atoms with van der Waals surface area (Å²) in [6, 6.07) is 0.0466. The number of aliphatic hydroxyl groups is 1. The smallest absolute Gasteiger partial charge is 0.353 e. The van der Waals surface area contributed by atoms with Crippen molar-refractivity contribution >= 4 is 36.0 Å². The highest BCUT2D eigenvalue weighted by atomic mass is 35.5. The number of halogens is 1. The van der Waals surface area contributed by atoms with Crippen molar-refractivity contribution in [1.29, 1.82) is 5.41 Å². The Bertz CT molecular complexity index is 958. The number of nitrogens with one attached hydrogen (secondary N) is 2. The number of nitrogens with zero attached hydrogens (tertiary/aromatic N) is 3. The zero-order valence-electron chi connectivity index (χ0n) is 17.8. The first kappa shape index (κ1) is 23.9. The van der Waals surface area contributed by atoms with Crippen molar-refractivity contribution in [1.82, 2.24) is 19.4 Å². The van der Waals surface area contributed by atoms with Crippen LogP contribution in [0.2, 0.25) is 0 Å². The molecule has 0 unspecified atom stereocenters. The monoisotopic (exact) mass is 471 g/mol. The predicted molar refractivity (Wildman–Crippen MR) is 119 cm³/mol. The number of amides is 1. The number of β-lactam (4-membered cyclic amide) rings is 1. The third kappa shape index (κ3) is 4.06. The minimum Gasteiger partial charge on any atom is -0.477 e. The number of imidazole rings is 1. The Morgan fingerprint density at radius 3 is 2.71 bits per heavy atom. The Kier molecular flexibility index (Phi) is 6.95. The topological polar surface area (TPSA) is 124 Å². The fraction of sp³-hybridized carbons (Fsp3) is 0.650. The normalized spacial score (nSPS) is 30.8. The summed E-state index contributed by atoms with van der Waals surface area (Å²) in [5.41, 5.74) is 0.568. The number of carbonyl (C=O) groups excluding carboxylic acids is 1. The maximum absolute atomic E-state index is 12.5. The molecule has 0 radical (unpaired) electrons. The highest BCUT2D eigenvalue weighted by Crippen LogP contribution is 2.51. The fourth-order valence-corrected chi connectivity index (χ4v) is 6.47. The molecule has 0 saturated carbocycles. The maximum atomic E-state index is 12.5. The second kappa shape index (κ2) is 9.01. The maximum Gasteiger partial charge on any atom is 0.353 e. The molecule has 31 heavy (non-hydrogen) atoms. The molecule has 6 atom stereocenters. The number of aromatic nitrogens is 2. The largest absolute Gasteiger partial charge is 0.477 e. The molecule has 3 aliphatic heterocycles. The first-order valence-electron chi connectivity index (χ1n) is 10.4. The van der Waals surface area contributed by atoms with E-state index in [0.29, 0.717) is 11.7 Å². The number of carboxylic acid groups (broad SMARTS) is 1. The molecule has 172 valence electrons. The van der Waals surface area contributed by atoms with Crippen LogP contribution in [0.4, 0.5) is 0 Å². The van der Waals surface area contributed by atoms with Gasteiger partial charge in [-0.2, -0.15) is 0 Å². The summed E-state index contributed by atoms with van der Waals surface area (Å²) in [4.78, 5) is 26.5. The number of hydrogen-bond donors (Lipinski definition) is 4. The van der Waals surface area contributed by atoms with Crippen LogP contribution in [0, 0.1) is 17.2 Å². The second-order valence-electron chi connectivity index (χ2n) is 8.57. The van der Waals surface area contributed by atoms with Crippen molar-refractivity contribution < 1.29 is 19.8 Å². The van der Waals surface area contributed by atoms with Crippen LogP contribution in [0.15, 0.2) is 23.0 Å². The summed E-state index contributed by atoms with van der Waals surface area (Å²) in [5, 5.41) is 31.5. The van der Waals surface area contributed by atoms with Gasteiger partial charge in [-0.3, -0.25) is 10.2 Å². The molecule has 0 bridgehead atoms. The molecular formula is C20H30ClN5O4S. The van der Waals surface area contributed by atoms with E-state index in [-0.39, 0.29) is 41.2 Å². The summed E-state index contributed by atoms with van der Waals surface area (Å²) in [6.45, 7) is 5.09. The van der Waals surface area contributed by atoms with E-state index in [1.54, 1.807) is 23.3 Å². The van der Waals surface area contributed by atoms with E-state index in [2.05, 4.69) is 5.32 Å². The minimum atomic E-state index is -1.07. The lowest BCUT2D eigenvalue weighted by Gasteiger charge is -2.46. The van der Waals surface area contributed by atoms with E-state index in [9.17, 15) is 19.8 Å². The van der Waals surface area contributed by atoms with Crippen molar-refractivity contribution in [3.8, 4) is 0 Å². The molecule has 1 aromatic heterocycles. The molecule has 0 spiro atoms. The number of aliphatic hydroxyl groups excluding tert-OH is 1. The van der Waals surface area contributed by atoms with E-state index in [1.165, 1.54) is 4.90 Å². The van der Waals surface area contributed by atoms with Crippen molar-refractivity contribution in [2.75, 3.05) is 6.54 Å². The van der Waals surface area contributed by atoms with Crippen LogP contribution in [-0.2, 0) is 23.2 Å². The van der Waals surface area contributed by atoms with E-state index in [1.807, 2.05) is 30.9 Å². The van der Waals surface area contributed by atoms with Crippen LogP contribution in [0.1, 0.15) is 26.7 Å². The van der Waals surface area contributed by atoms with Crippen LogP contribution in [-0.4, -0.2) is 66.1 Å². The Balaban J connectivity index is 0.00000272. The summed E-state index contributed by atoms with van der Waals surface area (Å²) < 4.78 is 3.69. The number of fused-ring (bicyclic) bond motifs is 1. The molecule has 2 saturated heterocycles. The van der Waals surface area contributed by atoms with E-state index < -0.39 is 18.0 Å². The Morgan fingerprint density at radius 2 is 2.13 bits per heavy atom. The molecule has 3 aliphatic rings. The Labute approximate surface area is 191 Å². The molecule has 0 aromatic carbocycles. The SMILES string of the molecule is C[C@@H](O)[C@H]1C(=O)N2C(C(=O)O)=C(S[C@@H]3CN[C@H](CCn4ccn(C)c4=N)C3)[C@H](C)[C@H]12.Cl. The van der Waals surface area contributed by atoms with Gasteiger partial charge in [0.15, 0.2) is 0 Å². The zero-order valence-corrected chi connectivity index (χ0v) is 19.4. The van der Waals surface area contributed by atoms with Gasteiger partial charge in [0, 0.05) is 54.6 Å². The van der Waals surface area contributed by atoms with Gasteiger partial charge < -0.3 is 29.6 Å². The average Bonchev–Trinajstić information content (AvgIpc) is 3.32. The van der Waals surface area contributed by atoms with Crippen LogP contribution in [0.5, 0.6) is 0 Å². The third-order valence-corrected chi connectivity index (χ3v) is 8.09. The lowest BCUT2D eigenvalue weighted by Crippen LogP contribution is -2.63. The molecule has 1 aromatic rings. The molecule has 4 rings (SSSR count). The first-order chi connectivity index (χ1) is 14.2. The predicted octanol–water partition coefficient (Wildman–Crippen LogP) is 0.735. The fourth-order valence-electron chi connectivity index (χ4n) is 4.95. The number of carboxylic acids is 1. The van der Waals surface area contributed by atoms with Crippen LogP contribution >= 0.6 is 24.2 Å². The van der Waals surface area contributed by atoms with Gasteiger partial charge in [-0.15, -0.1) is 24.2 Å². The number of rotatable bonds is 7. The standard InChI is InChI=1S/C20H29N5O4S.ClH/c1-10-15-14(11(2)26)18(27)25(15)16(19(28)29)17(10)30-13-8-12(22-9-13)4-5-24-7-6-23(3)20(24)21;/h6-7,10-15,21-22,26H,4-5,8-9H2,1-3H3,(H,28,29);1H/t10-,11-,12-,13+,14-,15-;/m1./s1. The second-order valence-corrected chi connectivity index (χ2v) is 9.91. The van der Waals surface area contributed by atoms with E-state index >= 15 is 0 Å². The van der Waals surface area contributed by atoms with Gasteiger partial charge in [0.2, 0.25) is 11.5 Å². The zero-order chi connectivity index (χ0) is 21.7. The molecular weight excluding hydrogens is 442 g/mol. The number of aryl methyl sites for hydroxylation is 2. The average molecular weight is 472 g/mol. The van der Waals surface area contributed by atoms with E-state index in [0.717, 1.165) is 30.8 Å².